The number of carbonyl (C=O) groups is 2. The molecule has 1 aromatic heterocycles. The standard InChI is InChI=1S/C40H43N3O6S2/c44-25-27-14-16-30(17-15-27)35-23-33(26-50-40-42-34-10-5-6-11-36(34)51-40)48-39(49-35)31-20-18-29(19-21-31)32-9-7-8-28(22-32)24-41-37(45)12-3-1-2-4-13-38(46)43-47/h5-11,14-22,33,35,39,44,47H,1-4,12-13,23-26H2,(H,41,45)(H,43,46)/t33-,35+,39+/m1/s1. The Kier molecular flexibility index (Phi) is 13.2. The summed E-state index contributed by atoms with van der Waals surface area (Å²) < 4.78 is 15.3. The van der Waals surface area contributed by atoms with Gasteiger partial charge >= 0.3 is 0 Å². The summed E-state index contributed by atoms with van der Waals surface area (Å²) in [4.78, 5) is 28.3. The van der Waals surface area contributed by atoms with Gasteiger partial charge in [-0.2, -0.15) is 0 Å². The van der Waals surface area contributed by atoms with Crippen molar-refractivity contribution in [2.24, 2.45) is 0 Å². The number of aromatic nitrogens is 1. The lowest BCUT2D eigenvalue weighted by atomic mass is 9.99. The lowest BCUT2D eigenvalue weighted by Gasteiger charge is -2.36. The molecule has 9 nitrogen and oxygen atoms in total. The number of rotatable bonds is 16. The van der Waals surface area contributed by atoms with Gasteiger partial charge in [0.25, 0.3) is 0 Å². The van der Waals surface area contributed by atoms with Crippen LogP contribution in [0.1, 0.15) is 79.6 Å². The molecule has 0 aliphatic carbocycles. The molecular formula is C40H43N3O6S2. The second-order valence-corrected chi connectivity index (χ2v) is 15.0. The Morgan fingerprint density at radius 3 is 2.29 bits per heavy atom. The van der Waals surface area contributed by atoms with Gasteiger partial charge in [-0.3, -0.25) is 14.8 Å². The minimum Gasteiger partial charge on any atom is -0.392 e. The third-order valence-corrected chi connectivity index (χ3v) is 11.2. The Hall–Kier alpha value is -4.10. The van der Waals surface area contributed by atoms with E-state index in [0.29, 0.717) is 25.8 Å². The first-order valence-corrected chi connectivity index (χ1v) is 19.2. The lowest BCUT2D eigenvalue weighted by Crippen LogP contribution is -2.31. The van der Waals surface area contributed by atoms with Crippen LogP contribution in [0.2, 0.25) is 0 Å². The van der Waals surface area contributed by atoms with Gasteiger partial charge in [-0.1, -0.05) is 103 Å². The minimum atomic E-state index is -0.544. The van der Waals surface area contributed by atoms with Crippen LogP contribution >= 0.6 is 23.1 Å². The van der Waals surface area contributed by atoms with Crippen molar-refractivity contribution < 1.29 is 29.4 Å². The molecule has 6 rings (SSSR count). The van der Waals surface area contributed by atoms with Crippen LogP contribution in [0, 0.1) is 0 Å². The molecule has 5 aromatic rings. The number of thiazole rings is 1. The smallest absolute Gasteiger partial charge is 0.243 e. The largest absolute Gasteiger partial charge is 0.392 e. The van der Waals surface area contributed by atoms with Crippen molar-refractivity contribution in [3.8, 4) is 11.1 Å². The zero-order valence-electron chi connectivity index (χ0n) is 28.3. The van der Waals surface area contributed by atoms with Gasteiger partial charge in [0.05, 0.1) is 29.0 Å². The van der Waals surface area contributed by atoms with Crippen LogP contribution in [0.25, 0.3) is 21.3 Å². The van der Waals surface area contributed by atoms with Gasteiger partial charge < -0.3 is 19.9 Å². The number of benzene rings is 4. The summed E-state index contributed by atoms with van der Waals surface area (Å²) >= 11 is 3.42. The van der Waals surface area contributed by atoms with Gasteiger partial charge in [-0.05, 0) is 58.9 Å². The molecule has 11 heteroatoms. The van der Waals surface area contributed by atoms with Crippen LogP contribution in [0.3, 0.4) is 0 Å². The molecule has 51 heavy (non-hydrogen) atoms. The van der Waals surface area contributed by atoms with Crippen molar-refractivity contribution in [1.29, 1.82) is 0 Å². The Bertz CT molecular complexity index is 1850. The SMILES string of the molecule is O=C(CCCCCCC(=O)NCc1cccc(-c2ccc([C@H]3O[C@@H](CSc4nc5ccccc5s4)C[C@@H](c4ccc(CO)cc4)O3)cc2)c1)NO. The predicted octanol–water partition coefficient (Wildman–Crippen LogP) is 8.26. The van der Waals surface area contributed by atoms with E-state index < -0.39 is 6.29 Å². The molecule has 2 amide bonds. The van der Waals surface area contributed by atoms with Gasteiger partial charge in [0, 0.05) is 37.1 Å². The van der Waals surface area contributed by atoms with E-state index in [4.69, 9.17) is 19.7 Å². The fraction of sp³-hybridized carbons (Fsp3) is 0.325. The van der Waals surface area contributed by atoms with Crippen LogP contribution in [-0.4, -0.2) is 39.0 Å². The van der Waals surface area contributed by atoms with Crippen molar-refractivity contribution in [2.45, 2.75) is 80.9 Å². The zero-order chi connectivity index (χ0) is 35.4. The maximum absolute atomic E-state index is 12.4. The van der Waals surface area contributed by atoms with Crippen LogP contribution in [0.15, 0.2) is 101 Å². The first-order chi connectivity index (χ1) is 25.0. The molecule has 0 bridgehead atoms. The van der Waals surface area contributed by atoms with Crippen molar-refractivity contribution in [1.82, 2.24) is 15.8 Å². The summed E-state index contributed by atoms with van der Waals surface area (Å²) in [5, 5.41) is 21.1. The van der Waals surface area contributed by atoms with E-state index in [0.717, 1.165) is 68.3 Å². The molecular weight excluding hydrogens is 683 g/mol. The molecule has 2 heterocycles. The quantitative estimate of drug-likeness (QED) is 0.0346. The number of para-hydroxylation sites is 1. The number of ether oxygens (including phenoxy) is 2. The first-order valence-electron chi connectivity index (χ1n) is 17.4. The van der Waals surface area contributed by atoms with Gasteiger partial charge in [-0.25, -0.2) is 10.5 Å². The van der Waals surface area contributed by atoms with Crippen LogP contribution < -0.4 is 10.8 Å². The number of hydrogen-bond donors (Lipinski definition) is 4. The number of carbonyl (C=O) groups excluding carboxylic acids is 2. The highest BCUT2D eigenvalue weighted by Crippen LogP contribution is 2.40. The Morgan fingerprint density at radius 2 is 1.55 bits per heavy atom. The number of unbranched alkanes of at least 4 members (excludes halogenated alkanes) is 3. The molecule has 1 aliphatic rings. The van der Waals surface area contributed by atoms with E-state index in [1.165, 1.54) is 4.70 Å². The lowest BCUT2D eigenvalue weighted by molar-refractivity contribution is -0.245. The van der Waals surface area contributed by atoms with E-state index in [2.05, 4.69) is 47.8 Å². The van der Waals surface area contributed by atoms with Crippen LogP contribution in [0.5, 0.6) is 0 Å². The average molecular weight is 726 g/mol. The Balaban J connectivity index is 1.06. The van der Waals surface area contributed by atoms with E-state index in [1.54, 1.807) is 28.6 Å². The van der Waals surface area contributed by atoms with Gasteiger partial charge in [-0.15, -0.1) is 11.3 Å². The highest BCUT2D eigenvalue weighted by Gasteiger charge is 2.32. The predicted molar refractivity (Wildman–Crippen MR) is 200 cm³/mol. The average Bonchev–Trinajstić information content (AvgIpc) is 3.61. The summed E-state index contributed by atoms with van der Waals surface area (Å²) in [7, 11) is 0. The second kappa shape index (κ2) is 18.4. The summed E-state index contributed by atoms with van der Waals surface area (Å²) in [5.41, 5.74) is 8.63. The third kappa shape index (κ3) is 10.5. The fourth-order valence-electron chi connectivity index (χ4n) is 6.06. The topological polar surface area (TPSA) is 130 Å². The molecule has 0 unspecified atom stereocenters. The number of fused-ring (bicyclic) bond motifs is 1. The molecule has 1 saturated heterocycles. The number of nitrogens with zero attached hydrogens (tertiary/aromatic N) is 1. The third-order valence-electron chi connectivity index (χ3n) is 8.90. The van der Waals surface area contributed by atoms with Crippen molar-refractivity contribution in [3.05, 3.63) is 119 Å². The van der Waals surface area contributed by atoms with Gasteiger partial charge in [0.1, 0.15) is 0 Å². The monoisotopic (exact) mass is 725 g/mol. The number of hydrogen-bond acceptors (Lipinski definition) is 9. The molecule has 3 atom stereocenters. The number of aliphatic hydroxyl groups is 1. The van der Waals surface area contributed by atoms with E-state index in [1.807, 2.05) is 54.6 Å². The van der Waals surface area contributed by atoms with E-state index in [9.17, 15) is 14.7 Å². The van der Waals surface area contributed by atoms with Crippen molar-refractivity contribution in [3.63, 3.8) is 0 Å². The summed E-state index contributed by atoms with van der Waals surface area (Å²) in [6.07, 6.45) is 3.81. The summed E-state index contributed by atoms with van der Waals surface area (Å²) in [6.45, 7) is 0.447. The highest BCUT2D eigenvalue weighted by atomic mass is 32.2. The summed E-state index contributed by atoms with van der Waals surface area (Å²) in [5.74, 6) is 0.372. The van der Waals surface area contributed by atoms with Crippen LogP contribution in [-0.2, 0) is 32.2 Å². The summed E-state index contributed by atoms with van der Waals surface area (Å²) in [6, 6.07) is 32.6. The van der Waals surface area contributed by atoms with Gasteiger partial charge in [0.2, 0.25) is 11.8 Å². The van der Waals surface area contributed by atoms with E-state index in [-0.39, 0.29) is 37.0 Å². The Labute approximate surface area is 306 Å². The van der Waals surface area contributed by atoms with E-state index >= 15 is 0 Å². The minimum absolute atomic E-state index is 0.000676. The molecule has 266 valence electrons. The number of aliphatic hydroxyl groups excluding tert-OH is 1. The molecule has 0 radical (unpaired) electrons. The molecule has 0 saturated carbocycles. The zero-order valence-corrected chi connectivity index (χ0v) is 30.0. The normalized spacial score (nSPS) is 17.3. The second-order valence-electron chi connectivity index (χ2n) is 12.7. The number of thioether (sulfide) groups is 1. The van der Waals surface area contributed by atoms with Crippen molar-refractivity contribution >= 4 is 45.1 Å². The number of nitrogens with one attached hydrogen (secondary N) is 2. The fourth-order valence-corrected chi connectivity index (χ4v) is 8.18. The molecule has 4 aromatic carbocycles. The number of hydroxylamine groups is 1. The molecule has 1 fully saturated rings. The maximum atomic E-state index is 12.4. The molecule has 4 N–H and O–H groups in total. The maximum Gasteiger partial charge on any atom is 0.243 e. The highest BCUT2D eigenvalue weighted by molar-refractivity contribution is 8.01. The first kappa shape index (κ1) is 36.7. The molecule has 1 aliphatic heterocycles. The Morgan fingerprint density at radius 1 is 0.804 bits per heavy atom. The van der Waals surface area contributed by atoms with Crippen molar-refractivity contribution in [2.75, 3.05) is 5.75 Å². The molecule has 0 spiro atoms. The number of amides is 2. The van der Waals surface area contributed by atoms with Gasteiger partial charge in [0.15, 0.2) is 10.6 Å². The van der Waals surface area contributed by atoms with Crippen LogP contribution in [0.4, 0.5) is 0 Å².